The molecule has 7 heteroatoms. The van der Waals surface area contributed by atoms with Crippen LogP contribution in [0.3, 0.4) is 0 Å². The van der Waals surface area contributed by atoms with Crippen molar-refractivity contribution in [2.75, 3.05) is 6.54 Å². The van der Waals surface area contributed by atoms with Gasteiger partial charge in [-0.15, -0.1) is 0 Å². The van der Waals surface area contributed by atoms with Crippen molar-refractivity contribution in [2.24, 2.45) is 0 Å². The van der Waals surface area contributed by atoms with E-state index in [4.69, 9.17) is 0 Å². The van der Waals surface area contributed by atoms with E-state index in [0.29, 0.717) is 18.8 Å². The molecule has 0 bridgehead atoms. The number of hydrogen-bond donors (Lipinski definition) is 2. The first kappa shape index (κ1) is 15.8. The number of sulfonamides is 1. The molecular weight excluding hydrogens is 314 g/mol. The first-order valence-electron chi connectivity index (χ1n) is 7.49. The SMILES string of the molecule is Cc1cccc(CNS(=O)(=O)c2cc3n(c2)CCCNC3=O)c1. The summed E-state index contributed by atoms with van der Waals surface area (Å²) < 4.78 is 29.2. The summed E-state index contributed by atoms with van der Waals surface area (Å²) in [6, 6.07) is 9.09. The minimum absolute atomic E-state index is 0.122. The predicted molar refractivity (Wildman–Crippen MR) is 86.6 cm³/mol. The van der Waals surface area contributed by atoms with Gasteiger partial charge in [0.1, 0.15) is 10.6 Å². The molecule has 1 aliphatic heterocycles. The van der Waals surface area contributed by atoms with Gasteiger partial charge in [0, 0.05) is 25.8 Å². The second-order valence-electron chi connectivity index (χ2n) is 5.68. The quantitative estimate of drug-likeness (QED) is 0.888. The molecule has 0 fully saturated rings. The maximum absolute atomic E-state index is 12.4. The highest BCUT2D eigenvalue weighted by molar-refractivity contribution is 7.89. The van der Waals surface area contributed by atoms with Gasteiger partial charge in [0.15, 0.2) is 0 Å². The maximum Gasteiger partial charge on any atom is 0.267 e. The van der Waals surface area contributed by atoms with Gasteiger partial charge in [0.25, 0.3) is 5.91 Å². The molecule has 0 spiro atoms. The number of hydrogen-bond acceptors (Lipinski definition) is 3. The topological polar surface area (TPSA) is 80.2 Å². The summed E-state index contributed by atoms with van der Waals surface area (Å²) in [5.74, 6) is -0.234. The van der Waals surface area contributed by atoms with Crippen LogP contribution in [0.5, 0.6) is 0 Å². The fourth-order valence-corrected chi connectivity index (χ4v) is 3.69. The molecule has 0 radical (unpaired) electrons. The van der Waals surface area contributed by atoms with Crippen molar-refractivity contribution in [3.05, 3.63) is 53.3 Å². The van der Waals surface area contributed by atoms with Crippen molar-refractivity contribution >= 4 is 15.9 Å². The minimum Gasteiger partial charge on any atom is -0.351 e. The average molecular weight is 333 g/mol. The Morgan fingerprint density at radius 1 is 1.30 bits per heavy atom. The maximum atomic E-state index is 12.4. The third-order valence-electron chi connectivity index (χ3n) is 3.82. The molecule has 3 rings (SSSR count). The number of nitrogens with zero attached hydrogens (tertiary/aromatic N) is 1. The van der Waals surface area contributed by atoms with E-state index in [9.17, 15) is 13.2 Å². The van der Waals surface area contributed by atoms with Crippen LogP contribution in [0.1, 0.15) is 28.0 Å². The summed E-state index contributed by atoms with van der Waals surface area (Å²) >= 11 is 0. The molecular formula is C16H19N3O3S. The Morgan fingerprint density at radius 2 is 2.13 bits per heavy atom. The Bertz CT molecular complexity index is 840. The Hall–Kier alpha value is -2.12. The van der Waals surface area contributed by atoms with Gasteiger partial charge in [-0.1, -0.05) is 29.8 Å². The second kappa shape index (κ2) is 6.17. The molecule has 1 aromatic heterocycles. The number of rotatable bonds is 4. The van der Waals surface area contributed by atoms with Crippen molar-refractivity contribution in [1.29, 1.82) is 0 Å². The van der Waals surface area contributed by atoms with Crippen molar-refractivity contribution in [3.8, 4) is 0 Å². The third kappa shape index (κ3) is 3.46. The third-order valence-corrected chi connectivity index (χ3v) is 5.19. The van der Waals surface area contributed by atoms with E-state index >= 15 is 0 Å². The second-order valence-corrected chi connectivity index (χ2v) is 7.44. The molecule has 0 aliphatic carbocycles. The minimum atomic E-state index is -3.65. The fourth-order valence-electron chi connectivity index (χ4n) is 2.63. The lowest BCUT2D eigenvalue weighted by Crippen LogP contribution is -2.24. The largest absolute Gasteiger partial charge is 0.351 e. The lowest BCUT2D eigenvalue weighted by molar-refractivity contribution is 0.0951. The fraction of sp³-hybridized carbons (Fsp3) is 0.312. The van der Waals surface area contributed by atoms with Crippen LogP contribution in [0.2, 0.25) is 0 Å². The normalized spacial score (nSPS) is 14.9. The van der Waals surface area contributed by atoms with Crippen LogP contribution in [0.4, 0.5) is 0 Å². The Labute approximate surface area is 135 Å². The number of aromatic nitrogens is 1. The van der Waals surface area contributed by atoms with E-state index in [-0.39, 0.29) is 17.3 Å². The molecule has 0 atom stereocenters. The van der Waals surface area contributed by atoms with E-state index in [1.54, 1.807) is 4.57 Å². The highest BCUT2D eigenvalue weighted by Crippen LogP contribution is 2.17. The van der Waals surface area contributed by atoms with Crippen molar-refractivity contribution in [3.63, 3.8) is 0 Å². The number of benzene rings is 1. The van der Waals surface area contributed by atoms with Gasteiger partial charge >= 0.3 is 0 Å². The van der Waals surface area contributed by atoms with E-state index < -0.39 is 10.0 Å². The Kier molecular flexibility index (Phi) is 4.23. The Balaban J connectivity index is 1.80. The van der Waals surface area contributed by atoms with E-state index in [1.807, 2.05) is 31.2 Å². The summed E-state index contributed by atoms with van der Waals surface area (Å²) in [6.45, 7) is 3.41. The highest BCUT2D eigenvalue weighted by Gasteiger charge is 2.22. The van der Waals surface area contributed by atoms with Gasteiger partial charge in [0.2, 0.25) is 10.0 Å². The van der Waals surface area contributed by atoms with E-state index in [0.717, 1.165) is 17.5 Å². The predicted octanol–water partition coefficient (Wildman–Crippen LogP) is 1.41. The number of fused-ring (bicyclic) bond motifs is 1. The van der Waals surface area contributed by atoms with Crippen molar-refractivity contribution in [2.45, 2.75) is 31.3 Å². The molecule has 1 aromatic carbocycles. The number of aryl methyl sites for hydroxylation is 2. The van der Waals surface area contributed by atoms with E-state index in [2.05, 4.69) is 10.0 Å². The molecule has 1 aliphatic rings. The molecule has 122 valence electrons. The summed E-state index contributed by atoms with van der Waals surface area (Å²) in [5, 5.41) is 2.75. The molecule has 0 saturated carbocycles. The van der Waals surface area contributed by atoms with Gasteiger partial charge in [-0.2, -0.15) is 0 Å². The molecule has 2 aromatic rings. The van der Waals surface area contributed by atoms with Crippen LogP contribution in [0.25, 0.3) is 0 Å². The summed E-state index contributed by atoms with van der Waals surface area (Å²) in [4.78, 5) is 12.0. The van der Waals surface area contributed by atoms with Crippen molar-refractivity contribution in [1.82, 2.24) is 14.6 Å². The molecule has 2 N–H and O–H groups in total. The highest BCUT2D eigenvalue weighted by atomic mass is 32.2. The van der Waals surface area contributed by atoms with Crippen LogP contribution in [0, 0.1) is 6.92 Å². The van der Waals surface area contributed by atoms with Gasteiger partial charge < -0.3 is 9.88 Å². The van der Waals surface area contributed by atoms with Crippen LogP contribution in [0.15, 0.2) is 41.4 Å². The van der Waals surface area contributed by atoms with E-state index in [1.165, 1.54) is 12.3 Å². The molecule has 2 heterocycles. The lowest BCUT2D eigenvalue weighted by Gasteiger charge is -2.06. The summed E-state index contributed by atoms with van der Waals surface area (Å²) in [7, 11) is -3.65. The van der Waals surface area contributed by atoms with Crippen molar-refractivity contribution < 1.29 is 13.2 Å². The zero-order valence-electron chi connectivity index (χ0n) is 12.9. The molecule has 0 saturated heterocycles. The first-order valence-corrected chi connectivity index (χ1v) is 8.97. The Morgan fingerprint density at radius 3 is 2.91 bits per heavy atom. The number of nitrogens with one attached hydrogen (secondary N) is 2. The number of carbonyl (C=O) groups excluding carboxylic acids is 1. The zero-order valence-corrected chi connectivity index (χ0v) is 13.7. The summed E-state index contributed by atoms with van der Waals surface area (Å²) in [6.07, 6.45) is 2.31. The molecule has 1 amide bonds. The molecule has 6 nitrogen and oxygen atoms in total. The lowest BCUT2D eigenvalue weighted by atomic mass is 10.1. The first-order chi connectivity index (χ1) is 11.0. The van der Waals surface area contributed by atoms with Gasteiger partial charge in [-0.05, 0) is 25.0 Å². The van der Waals surface area contributed by atoms with Crippen LogP contribution in [-0.4, -0.2) is 25.4 Å². The summed E-state index contributed by atoms with van der Waals surface area (Å²) in [5.41, 5.74) is 2.36. The van der Waals surface area contributed by atoms with Gasteiger partial charge in [-0.3, -0.25) is 4.79 Å². The molecule has 0 unspecified atom stereocenters. The van der Waals surface area contributed by atoms with Crippen LogP contribution < -0.4 is 10.0 Å². The number of carbonyl (C=O) groups is 1. The monoisotopic (exact) mass is 333 g/mol. The van der Waals surface area contributed by atoms with Crippen LogP contribution in [-0.2, 0) is 23.1 Å². The average Bonchev–Trinajstić information content (AvgIpc) is 2.88. The number of amides is 1. The zero-order chi connectivity index (χ0) is 16.4. The molecule has 23 heavy (non-hydrogen) atoms. The van der Waals surface area contributed by atoms with Crippen LogP contribution >= 0.6 is 0 Å². The van der Waals surface area contributed by atoms with Gasteiger partial charge in [-0.25, -0.2) is 13.1 Å². The standard InChI is InChI=1S/C16H19N3O3S/c1-12-4-2-5-13(8-12)10-18-23(21,22)14-9-15-16(20)17-6-3-7-19(15)11-14/h2,4-5,8-9,11,18H,3,6-7,10H2,1H3,(H,17,20). The smallest absolute Gasteiger partial charge is 0.267 e. The van der Waals surface area contributed by atoms with Gasteiger partial charge in [0.05, 0.1) is 0 Å².